The van der Waals surface area contributed by atoms with Gasteiger partial charge in [0.05, 0.1) is 18.0 Å². The van der Waals surface area contributed by atoms with Crippen LogP contribution in [-0.2, 0) is 19.6 Å². The van der Waals surface area contributed by atoms with Gasteiger partial charge in [-0.1, -0.05) is 6.07 Å². The van der Waals surface area contributed by atoms with Gasteiger partial charge in [-0.15, -0.1) is 0 Å². The Morgan fingerprint density at radius 3 is 2.54 bits per heavy atom. The van der Waals surface area contributed by atoms with Crippen molar-refractivity contribution >= 4 is 16.0 Å². The summed E-state index contributed by atoms with van der Waals surface area (Å²) in [7, 11) is -3.50. The van der Waals surface area contributed by atoms with Crippen LogP contribution < -0.4 is 0 Å². The molecule has 0 aliphatic carbocycles. The zero-order valence-electron chi connectivity index (χ0n) is 14.6. The van der Waals surface area contributed by atoms with Crippen molar-refractivity contribution in [2.45, 2.75) is 32.1 Å². The van der Waals surface area contributed by atoms with Gasteiger partial charge >= 0.3 is 5.97 Å². The van der Waals surface area contributed by atoms with Crippen LogP contribution in [0.5, 0.6) is 0 Å². The van der Waals surface area contributed by atoms with Gasteiger partial charge in [0.15, 0.2) is 0 Å². The third-order valence-electron chi connectivity index (χ3n) is 4.32. The molecule has 0 spiro atoms. The molecule has 0 amide bonds. The van der Waals surface area contributed by atoms with E-state index in [2.05, 4.69) is 0 Å². The van der Waals surface area contributed by atoms with Crippen molar-refractivity contribution in [1.29, 1.82) is 0 Å². The van der Waals surface area contributed by atoms with Crippen LogP contribution in [0.2, 0.25) is 0 Å². The second-order valence-electron chi connectivity index (χ2n) is 6.08. The van der Waals surface area contributed by atoms with E-state index in [1.807, 2.05) is 24.8 Å². The van der Waals surface area contributed by atoms with Crippen LogP contribution in [0.3, 0.4) is 0 Å². The Balaban J connectivity index is 2.06. The first-order chi connectivity index (χ1) is 11.3. The lowest BCUT2D eigenvalue weighted by atomic mass is 10.1. The number of hydrogen-bond acceptors (Lipinski definition) is 5. The molecule has 1 aliphatic rings. The average molecular weight is 354 g/mol. The number of rotatable bonds is 5. The molecule has 0 bridgehead atoms. The molecular weight excluding hydrogens is 328 g/mol. The number of esters is 1. The van der Waals surface area contributed by atoms with E-state index in [-0.39, 0.29) is 12.5 Å². The molecule has 0 radical (unpaired) electrons. The van der Waals surface area contributed by atoms with Gasteiger partial charge in [-0.2, -0.15) is 4.31 Å². The van der Waals surface area contributed by atoms with Crippen molar-refractivity contribution in [2.24, 2.45) is 0 Å². The summed E-state index contributed by atoms with van der Waals surface area (Å²) in [5, 5.41) is 0. The summed E-state index contributed by atoms with van der Waals surface area (Å²) in [6.45, 7) is 8.30. The molecule has 0 N–H and O–H groups in total. The van der Waals surface area contributed by atoms with E-state index in [1.54, 1.807) is 19.1 Å². The normalized spacial score (nSPS) is 17.5. The highest BCUT2D eigenvalue weighted by Gasteiger charge is 2.27. The van der Waals surface area contributed by atoms with Crippen molar-refractivity contribution in [3.05, 3.63) is 29.3 Å². The molecule has 7 heteroatoms. The van der Waals surface area contributed by atoms with E-state index in [0.717, 1.165) is 11.1 Å². The number of hydrogen-bond donors (Lipinski definition) is 0. The number of nitrogens with zero attached hydrogens (tertiary/aromatic N) is 2. The number of carbonyl (C=O) groups is 1. The van der Waals surface area contributed by atoms with Crippen molar-refractivity contribution in [2.75, 3.05) is 39.3 Å². The Morgan fingerprint density at radius 2 is 1.88 bits per heavy atom. The molecular formula is C17H26N2O4S. The van der Waals surface area contributed by atoms with Crippen LogP contribution >= 0.6 is 0 Å². The van der Waals surface area contributed by atoms with Gasteiger partial charge in [0.2, 0.25) is 10.0 Å². The second kappa shape index (κ2) is 8.09. The fourth-order valence-electron chi connectivity index (χ4n) is 2.76. The molecule has 0 atom stereocenters. The first kappa shape index (κ1) is 18.9. The van der Waals surface area contributed by atoms with Gasteiger partial charge in [-0.25, -0.2) is 8.42 Å². The highest BCUT2D eigenvalue weighted by Crippen LogP contribution is 2.20. The van der Waals surface area contributed by atoms with Crippen LogP contribution in [-0.4, -0.2) is 62.9 Å². The highest BCUT2D eigenvalue weighted by molar-refractivity contribution is 7.89. The van der Waals surface area contributed by atoms with Crippen LogP contribution in [0.25, 0.3) is 0 Å². The van der Waals surface area contributed by atoms with E-state index in [4.69, 9.17) is 4.74 Å². The molecule has 2 rings (SSSR count). The molecule has 0 aromatic heterocycles. The monoisotopic (exact) mass is 354 g/mol. The summed E-state index contributed by atoms with van der Waals surface area (Å²) in [4.78, 5) is 13.9. The van der Waals surface area contributed by atoms with E-state index in [0.29, 0.717) is 44.1 Å². The minimum Gasteiger partial charge on any atom is -0.465 e. The average Bonchev–Trinajstić information content (AvgIpc) is 2.76. The molecule has 1 fully saturated rings. The molecule has 24 heavy (non-hydrogen) atoms. The Kier molecular flexibility index (Phi) is 6.37. The van der Waals surface area contributed by atoms with Crippen LogP contribution in [0.15, 0.2) is 23.1 Å². The fraction of sp³-hybridized carbons (Fsp3) is 0.588. The van der Waals surface area contributed by atoms with Crippen molar-refractivity contribution in [1.82, 2.24) is 9.21 Å². The topological polar surface area (TPSA) is 66.9 Å². The third kappa shape index (κ3) is 4.55. The fourth-order valence-corrected chi connectivity index (χ4v) is 4.31. The Labute approximate surface area is 144 Å². The predicted molar refractivity (Wildman–Crippen MR) is 92.4 cm³/mol. The Bertz CT molecular complexity index is 688. The quantitative estimate of drug-likeness (QED) is 0.751. The molecule has 1 aliphatic heterocycles. The van der Waals surface area contributed by atoms with Crippen LogP contribution in [0.1, 0.15) is 24.5 Å². The summed E-state index contributed by atoms with van der Waals surface area (Å²) < 4.78 is 32.2. The summed E-state index contributed by atoms with van der Waals surface area (Å²) in [6, 6.07) is 5.23. The second-order valence-corrected chi connectivity index (χ2v) is 8.02. The predicted octanol–water partition coefficient (Wildman–Crippen LogP) is 1.56. The standard InChI is InChI=1S/C17H26N2O4S/c1-4-23-17(20)13-18-8-5-9-19(11-10-18)24(21,22)16-7-6-14(2)15(3)12-16/h6-7,12H,4-5,8-11,13H2,1-3H3. The van der Waals surface area contributed by atoms with Gasteiger partial charge in [0, 0.05) is 26.2 Å². The van der Waals surface area contributed by atoms with Gasteiger partial charge in [-0.3, -0.25) is 9.69 Å². The molecule has 0 unspecified atom stereocenters. The first-order valence-electron chi connectivity index (χ1n) is 8.30. The van der Waals surface area contributed by atoms with Crippen LogP contribution in [0.4, 0.5) is 0 Å². The highest BCUT2D eigenvalue weighted by atomic mass is 32.2. The van der Waals surface area contributed by atoms with Gasteiger partial charge < -0.3 is 4.74 Å². The molecule has 1 heterocycles. The summed E-state index contributed by atoms with van der Waals surface area (Å²) in [5.41, 5.74) is 2.04. The smallest absolute Gasteiger partial charge is 0.320 e. The van der Waals surface area contributed by atoms with Gasteiger partial charge in [0.25, 0.3) is 0 Å². The SMILES string of the molecule is CCOC(=O)CN1CCCN(S(=O)(=O)c2ccc(C)c(C)c2)CC1. The first-order valence-corrected chi connectivity index (χ1v) is 9.74. The van der Waals surface area contributed by atoms with E-state index in [1.165, 1.54) is 4.31 Å². The summed E-state index contributed by atoms with van der Waals surface area (Å²) in [6.07, 6.45) is 0.698. The molecule has 1 saturated heterocycles. The number of benzene rings is 1. The van der Waals surface area contributed by atoms with E-state index in [9.17, 15) is 13.2 Å². The lowest BCUT2D eigenvalue weighted by Crippen LogP contribution is -2.37. The van der Waals surface area contributed by atoms with Crippen molar-refractivity contribution < 1.29 is 17.9 Å². The molecule has 0 saturated carbocycles. The maximum absolute atomic E-state index is 12.9. The van der Waals surface area contributed by atoms with E-state index < -0.39 is 10.0 Å². The van der Waals surface area contributed by atoms with Crippen molar-refractivity contribution in [3.8, 4) is 0 Å². The summed E-state index contributed by atoms with van der Waals surface area (Å²) >= 11 is 0. The number of ether oxygens (including phenoxy) is 1. The maximum atomic E-state index is 12.9. The van der Waals surface area contributed by atoms with Gasteiger partial charge in [-0.05, 0) is 50.5 Å². The van der Waals surface area contributed by atoms with Crippen molar-refractivity contribution in [3.63, 3.8) is 0 Å². The lowest BCUT2D eigenvalue weighted by molar-refractivity contribution is -0.144. The molecule has 1 aromatic rings. The minimum atomic E-state index is -3.50. The molecule has 1 aromatic carbocycles. The van der Waals surface area contributed by atoms with E-state index >= 15 is 0 Å². The minimum absolute atomic E-state index is 0.214. The number of sulfonamides is 1. The molecule has 134 valence electrons. The largest absolute Gasteiger partial charge is 0.465 e. The van der Waals surface area contributed by atoms with Crippen LogP contribution in [0, 0.1) is 13.8 Å². The van der Waals surface area contributed by atoms with Gasteiger partial charge in [0.1, 0.15) is 0 Å². The number of carbonyl (C=O) groups excluding carboxylic acids is 1. The Morgan fingerprint density at radius 1 is 1.12 bits per heavy atom. The zero-order chi connectivity index (χ0) is 17.7. The maximum Gasteiger partial charge on any atom is 0.320 e. The molecule has 6 nitrogen and oxygen atoms in total. The third-order valence-corrected chi connectivity index (χ3v) is 6.22. The lowest BCUT2D eigenvalue weighted by Gasteiger charge is -2.21. The number of aryl methyl sites for hydroxylation is 2. The zero-order valence-corrected chi connectivity index (χ0v) is 15.4. The summed E-state index contributed by atoms with van der Waals surface area (Å²) in [5.74, 6) is -0.261. The Hall–Kier alpha value is -1.44.